The van der Waals surface area contributed by atoms with Crippen molar-refractivity contribution in [3.63, 3.8) is 0 Å². The van der Waals surface area contributed by atoms with Gasteiger partial charge in [0, 0.05) is 0 Å². The van der Waals surface area contributed by atoms with Crippen molar-refractivity contribution < 1.29 is 8.42 Å². The van der Waals surface area contributed by atoms with Crippen molar-refractivity contribution in [2.45, 2.75) is 0 Å². The fourth-order valence-electron chi connectivity index (χ4n) is 4.20. The molecular weight excluding hydrogens is 208 g/mol. The van der Waals surface area contributed by atoms with Crippen molar-refractivity contribution in [1.82, 2.24) is 0 Å². The van der Waals surface area contributed by atoms with E-state index in [1.54, 1.807) is 0 Å². The SMILES string of the molecule is O=S1(=O)C[C@@H]2[C@H]3C=C[C@@H]([C@@H]4C=C[C@H]43)[C@H]2C1. The second kappa shape index (κ2) is 2.40. The van der Waals surface area contributed by atoms with Gasteiger partial charge in [0.05, 0.1) is 11.5 Å². The molecule has 3 heteroatoms. The first-order valence-corrected chi connectivity index (χ1v) is 7.55. The van der Waals surface area contributed by atoms with Gasteiger partial charge < -0.3 is 0 Å². The molecule has 0 amide bonds. The smallest absolute Gasteiger partial charge is 0.150 e. The highest BCUT2D eigenvalue weighted by atomic mass is 32.2. The van der Waals surface area contributed by atoms with Gasteiger partial charge in [-0.05, 0) is 35.5 Å². The fourth-order valence-corrected chi connectivity index (χ4v) is 6.45. The Bertz CT molecular complexity index is 438. The van der Waals surface area contributed by atoms with Crippen molar-refractivity contribution in [2.24, 2.45) is 35.5 Å². The van der Waals surface area contributed by atoms with Crippen LogP contribution in [0.15, 0.2) is 24.3 Å². The Morgan fingerprint density at radius 1 is 0.733 bits per heavy atom. The van der Waals surface area contributed by atoms with E-state index in [0.29, 0.717) is 47.0 Å². The molecule has 6 atom stereocenters. The monoisotopic (exact) mass is 222 g/mol. The first-order chi connectivity index (χ1) is 7.16. The maximum atomic E-state index is 11.7. The highest BCUT2D eigenvalue weighted by Gasteiger charge is 2.56. The molecule has 0 radical (unpaired) electrons. The lowest BCUT2D eigenvalue weighted by Crippen LogP contribution is -2.49. The molecule has 2 nitrogen and oxygen atoms in total. The largest absolute Gasteiger partial charge is 0.229 e. The van der Waals surface area contributed by atoms with Crippen LogP contribution in [0.3, 0.4) is 0 Å². The van der Waals surface area contributed by atoms with E-state index in [2.05, 4.69) is 24.3 Å². The van der Waals surface area contributed by atoms with Gasteiger partial charge in [0.15, 0.2) is 9.84 Å². The lowest BCUT2D eigenvalue weighted by atomic mass is 9.50. The summed E-state index contributed by atoms with van der Waals surface area (Å²) in [6, 6.07) is 0. The van der Waals surface area contributed by atoms with E-state index in [0.717, 1.165) is 0 Å². The van der Waals surface area contributed by atoms with Gasteiger partial charge in [-0.1, -0.05) is 24.3 Å². The molecule has 5 rings (SSSR count). The Morgan fingerprint density at radius 3 is 1.53 bits per heavy atom. The molecule has 4 aliphatic carbocycles. The van der Waals surface area contributed by atoms with Crippen molar-refractivity contribution in [3.05, 3.63) is 24.3 Å². The minimum atomic E-state index is -2.74. The average molecular weight is 222 g/mol. The number of rotatable bonds is 0. The highest BCUT2D eigenvalue weighted by Crippen LogP contribution is 2.58. The van der Waals surface area contributed by atoms with E-state index in [1.807, 2.05) is 0 Å². The molecule has 0 spiro atoms. The summed E-state index contributed by atoms with van der Waals surface area (Å²) in [5.74, 6) is 4.11. The van der Waals surface area contributed by atoms with Gasteiger partial charge in [-0.25, -0.2) is 8.42 Å². The average Bonchev–Trinajstić information content (AvgIpc) is 2.42. The third kappa shape index (κ3) is 0.930. The summed E-state index contributed by atoms with van der Waals surface area (Å²) in [7, 11) is -2.74. The van der Waals surface area contributed by atoms with Gasteiger partial charge in [0.25, 0.3) is 0 Å². The summed E-state index contributed by atoms with van der Waals surface area (Å²) in [6.45, 7) is 0. The Hall–Kier alpha value is -0.570. The van der Waals surface area contributed by atoms with Crippen LogP contribution in [-0.2, 0) is 9.84 Å². The lowest BCUT2D eigenvalue weighted by Gasteiger charge is -2.53. The van der Waals surface area contributed by atoms with Crippen LogP contribution in [0.5, 0.6) is 0 Å². The number of hydrogen-bond acceptors (Lipinski definition) is 2. The number of sulfone groups is 1. The molecule has 2 bridgehead atoms. The Balaban J connectivity index is 1.82. The van der Waals surface area contributed by atoms with Crippen LogP contribution in [-0.4, -0.2) is 19.9 Å². The Kier molecular flexibility index (Phi) is 1.37. The van der Waals surface area contributed by atoms with Gasteiger partial charge in [0.1, 0.15) is 0 Å². The van der Waals surface area contributed by atoms with Gasteiger partial charge in [-0.15, -0.1) is 0 Å². The minimum Gasteiger partial charge on any atom is -0.229 e. The predicted molar refractivity (Wildman–Crippen MR) is 57.9 cm³/mol. The molecule has 5 aliphatic rings. The maximum absolute atomic E-state index is 11.7. The fraction of sp³-hybridized carbons (Fsp3) is 0.667. The normalized spacial score (nSPS) is 57.3. The van der Waals surface area contributed by atoms with E-state index in [-0.39, 0.29) is 0 Å². The van der Waals surface area contributed by atoms with E-state index in [4.69, 9.17) is 0 Å². The van der Waals surface area contributed by atoms with Crippen molar-refractivity contribution in [2.75, 3.05) is 11.5 Å². The van der Waals surface area contributed by atoms with E-state index in [9.17, 15) is 8.42 Å². The lowest BCUT2D eigenvalue weighted by molar-refractivity contribution is 0.0672. The molecule has 0 N–H and O–H groups in total. The summed E-state index contributed by atoms with van der Waals surface area (Å²) in [4.78, 5) is 0. The van der Waals surface area contributed by atoms with E-state index in [1.165, 1.54) is 0 Å². The summed E-state index contributed by atoms with van der Waals surface area (Å²) in [5, 5.41) is 0. The molecule has 1 saturated carbocycles. The van der Waals surface area contributed by atoms with Crippen LogP contribution in [0.1, 0.15) is 0 Å². The van der Waals surface area contributed by atoms with Gasteiger partial charge in [0.2, 0.25) is 0 Å². The van der Waals surface area contributed by atoms with Crippen LogP contribution in [0, 0.1) is 35.5 Å². The molecule has 1 saturated heterocycles. The first kappa shape index (κ1) is 8.57. The number of allylic oxidation sites excluding steroid dienone is 4. The molecule has 0 aromatic heterocycles. The first-order valence-electron chi connectivity index (χ1n) is 5.73. The van der Waals surface area contributed by atoms with E-state index < -0.39 is 9.84 Å². The second-order valence-corrected chi connectivity index (χ2v) is 7.64. The van der Waals surface area contributed by atoms with Crippen LogP contribution in [0.25, 0.3) is 0 Å². The van der Waals surface area contributed by atoms with Crippen LogP contribution in [0.4, 0.5) is 0 Å². The van der Waals surface area contributed by atoms with Crippen LogP contribution in [0.2, 0.25) is 0 Å². The van der Waals surface area contributed by atoms with Gasteiger partial charge >= 0.3 is 0 Å². The van der Waals surface area contributed by atoms with E-state index >= 15 is 0 Å². The molecular formula is C12H14O2S. The molecule has 80 valence electrons. The molecule has 1 aliphatic heterocycles. The third-order valence-corrected chi connectivity index (χ3v) is 6.66. The second-order valence-electron chi connectivity index (χ2n) is 5.48. The summed E-state index contributed by atoms with van der Waals surface area (Å²) in [5.41, 5.74) is 0. The van der Waals surface area contributed by atoms with Crippen molar-refractivity contribution in [1.29, 1.82) is 0 Å². The predicted octanol–water partition coefficient (Wildman–Crippen LogP) is 1.27. The quantitative estimate of drug-likeness (QED) is 0.578. The summed E-state index contributed by atoms with van der Waals surface area (Å²) in [6.07, 6.45) is 9.15. The zero-order chi connectivity index (χ0) is 10.2. The molecule has 1 heterocycles. The highest BCUT2D eigenvalue weighted by molar-refractivity contribution is 7.91. The van der Waals surface area contributed by atoms with Crippen molar-refractivity contribution >= 4 is 9.84 Å². The molecule has 0 aromatic rings. The number of hydrogen-bond donors (Lipinski definition) is 0. The van der Waals surface area contributed by atoms with Crippen LogP contribution < -0.4 is 0 Å². The topological polar surface area (TPSA) is 34.1 Å². The molecule has 0 unspecified atom stereocenters. The Labute approximate surface area is 90.0 Å². The molecule has 15 heavy (non-hydrogen) atoms. The molecule has 2 fully saturated rings. The third-order valence-electron chi connectivity index (χ3n) is 4.88. The van der Waals surface area contributed by atoms with Gasteiger partial charge in [-0.2, -0.15) is 0 Å². The zero-order valence-corrected chi connectivity index (χ0v) is 9.23. The van der Waals surface area contributed by atoms with Crippen LogP contribution >= 0.6 is 0 Å². The van der Waals surface area contributed by atoms with Gasteiger partial charge in [-0.3, -0.25) is 0 Å². The minimum absolute atomic E-state index is 0.427. The molecule has 0 aromatic carbocycles. The summed E-state index contributed by atoms with van der Waals surface area (Å²) < 4.78 is 23.4. The standard InChI is InChI=1S/C12H14O2S/c13-15(14)5-11-9-3-4-10(12(11)6-15)8-2-1-7(8)9/h1-4,7-12H,5-6H2/t7-,8-,9+,10+,11-,12-/m1/s1. The Morgan fingerprint density at radius 2 is 1.13 bits per heavy atom. The zero-order valence-electron chi connectivity index (χ0n) is 8.41. The maximum Gasteiger partial charge on any atom is 0.150 e. The van der Waals surface area contributed by atoms with Crippen molar-refractivity contribution in [3.8, 4) is 0 Å². The summed E-state index contributed by atoms with van der Waals surface area (Å²) >= 11 is 0.